The topological polar surface area (TPSA) is 85.1 Å². The minimum atomic E-state index is -3.57. The molecule has 1 aromatic rings. The molecule has 7 heteroatoms. The highest BCUT2D eigenvalue weighted by Crippen LogP contribution is 2.36. The van der Waals surface area contributed by atoms with Gasteiger partial charge in [0.2, 0.25) is 10.0 Å². The zero-order valence-electron chi connectivity index (χ0n) is 12.3. The van der Waals surface area contributed by atoms with E-state index in [4.69, 9.17) is 18.0 Å². The van der Waals surface area contributed by atoms with Crippen molar-refractivity contribution in [2.45, 2.75) is 50.5 Å². The number of nitrogens with two attached hydrogens (primary N) is 1. The Hall–Kier alpha value is -1.05. The van der Waals surface area contributed by atoms with Crippen molar-refractivity contribution >= 4 is 27.2 Å². The Bertz CT molecular complexity index is 624. The van der Waals surface area contributed by atoms with Crippen molar-refractivity contribution in [3.8, 4) is 0 Å². The summed E-state index contributed by atoms with van der Waals surface area (Å²) in [6.07, 6.45) is 5.39. The van der Waals surface area contributed by atoms with Crippen LogP contribution in [-0.2, 0) is 10.0 Å². The van der Waals surface area contributed by atoms with E-state index in [1.165, 1.54) is 18.3 Å². The van der Waals surface area contributed by atoms with Gasteiger partial charge in [-0.05, 0) is 30.4 Å². The summed E-state index contributed by atoms with van der Waals surface area (Å²) < 4.78 is 27.7. The van der Waals surface area contributed by atoms with Crippen LogP contribution in [0.2, 0.25) is 0 Å². The molecule has 0 bridgehead atoms. The molecule has 1 unspecified atom stereocenters. The Labute approximate surface area is 131 Å². The van der Waals surface area contributed by atoms with Crippen LogP contribution < -0.4 is 10.5 Å². The summed E-state index contributed by atoms with van der Waals surface area (Å²) in [4.78, 5) is 4.28. The molecule has 1 aliphatic carbocycles. The number of hydrogen-bond donors (Lipinski definition) is 2. The summed E-state index contributed by atoms with van der Waals surface area (Å²) in [5.41, 5.74) is 5.85. The smallest absolute Gasteiger partial charge is 0.242 e. The zero-order valence-corrected chi connectivity index (χ0v) is 13.9. The van der Waals surface area contributed by atoms with Crippen LogP contribution >= 0.6 is 12.2 Å². The lowest BCUT2D eigenvalue weighted by Gasteiger charge is -2.38. The number of pyridine rings is 1. The lowest BCUT2D eigenvalue weighted by molar-refractivity contribution is 0.188. The summed E-state index contributed by atoms with van der Waals surface area (Å²) in [5.74, 6) is 0. The molecule has 1 aliphatic rings. The SMILES string of the molecule is CC1(C)CCCCC1NS(=O)(=O)c1ccc(C(N)=S)nc1. The highest BCUT2D eigenvalue weighted by atomic mass is 32.2. The van der Waals surface area contributed by atoms with E-state index < -0.39 is 10.0 Å². The molecule has 0 spiro atoms. The molecule has 1 saturated carbocycles. The highest BCUT2D eigenvalue weighted by molar-refractivity contribution is 7.89. The first kappa shape index (κ1) is 16.3. The Morgan fingerprint density at radius 2 is 2.14 bits per heavy atom. The third kappa shape index (κ3) is 3.78. The van der Waals surface area contributed by atoms with Crippen LogP contribution in [0.25, 0.3) is 0 Å². The quantitative estimate of drug-likeness (QED) is 0.826. The van der Waals surface area contributed by atoms with Crippen LogP contribution in [0.5, 0.6) is 0 Å². The Balaban J connectivity index is 2.20. The van der Waals surface area contributed by atoms with Crippen molar-refractivity contribution in [2.75, 3.05) is 0 Å². The van der Waals surface area contributed by atoms with Crippen LogP contribution in [0, 0.1) is 5.41 Å². The van der Waals surface area contributed by atoms with E-state index >= 15 is 0 Å². The summed E-state index contributed by atoms with van der Waals surface area (Å²) >= 11 is 4.81. The second-order valence-corrected chi connectivity index (χ2v) is 8.31. The number of thiocarbonyl (C=S) groups is 1. The molecule has 0 saturated heterocycles. The molecule has 1 atom stereocenters. The van der Waals surface area contributed by atoms with Gasteiger partial charge in [0, 0.05) is 12.2 Å². The maximum Gasteiger partial charge on any atom is 0.242 e. The number of hydrogen-bond acceptors (Lipinski definition) is 4. The molecule has 1 fully saturated rings. The Morgan fingerprint density at radius 3 is 2.67 bits per heavy atom. The molecule has 0 radical (unpaired) electrons. The summed E-state index contributed by atoms with van der Waals surface area (Å²) in [5, 5.41) is 0. The van der Waals surface area contributed by atoms with Crippen molar-refractivity contribution in [1.29, 1.82) is 0 Å². The standard InChI is InChI=1S/C14H21N3O2S2/c1-14(2)8-4-3-5-12(14)17-21(18,19)10-6-7-11(13(15)20)16-9-10/h6-7,9,12,17H,3-5,8H2,1-2H3,(H2,15,20). The van der Waals surface area contributed by atoms with Gasteiger partial charge in [0.1, 0.15) is 9.88 Å². The van der Waals surface area contributed by atoms with E-state index in [0.29, 0.717) is 5.69 Å². The average molecular weight is 327 g/mol. The van der Waals surface area contributed by atoms with Gasteiger partial charge in [-0.25, -0.2) is 13.1 Å². The highest BCUT2D eigenvalue weighted by Gasteiger charge is 2.35. The number of sulfonamides is 1. The first-order chi connectivity index (χ1) is 9.72. The molecular weight excluding hydrogens is 306 g/mol. The number of nitrogens with zero attached hydrogens (tertiary/aromatic N) is 1. The van der Waals surface area contributed by atoms with Gasteiger partial charge in [0.25, 0.3) is 0 Å². The molecule has 5 nitrogen and oxygen atoms in total. The minimum Gasteiger partial charge on any atom is -0.388 e. The predicted octanol–water partition coefficient (Wildman–Crippen LogP) is 1.96. The Morgan fingerprint density at radius 1 is 1.43 bits per heavy atom. The molecule has 0 aliphatic heterocycles. The van der Waals surface area contributed by atoms with E-state index in [1.54, 1.807) is 0 Å². The van der Waals surface area contributed by atoms with E-state index in [0.717, 1.165) is 25.7 Å². The minimum absolute atomic E-state index is 0.0302. The average Bonchev–Trinajstić information content (AvgIpc) is 2.41. The molecule has 1 aromatic heterocycles. The third-order valence-corrected chi connectivity index (χ3v) is 5.77. The molecule has 3 N–H and O–H groups in total. The van der Waals surface area contributed by atoms with Gasteiger partial charge in [-0.15, -0.1) is 0 Å². The largest absolute Gasteiger partial charge is 0.388 e. The second-order valence-electron chi connectivity index (χ2n) is 6.15. The van der Waals surface area contributed by atoms with Crippen molar-refractivity contribution in [2.24, 2.45) is 11.1 Å². The van der Waals surface area contributed by atoms with Crippen molar-refractivity contribution in [3.63, 3.8) is 0 Å². The molecular formula is C14H21N3O2S2. The van der Waals surface area contributed by atoms with E-state index in [1.807, 2.05) is 0 Å². The summed E-state index contributed by atoms with van der Waals surface area (Å²) in [6, 6.07) is 2.97. The van der Waals surface area contributed by atoms with Crippen molar-refractivity contribution in [1.82, 2.24) is 9.71 Å². The lowest BCUT2D eigenvalue weighted by atomic mass is 9.74. The van der Waals surface area contributed by atoms with Gasteiger partial charge in [-0.3, -0.25) is 4.98 Å². The summed E-state index contributed by atoms with van der Waals surface area (Å²) in [6.45, 7) is 4.21. The maximum atomic E-state index is 12.5. The van der Waals surface area contributed by atoms with Gasteiger partial charge in [0.15, 0.2) is 0 Å². The van der Waals surface area contributed by atoms with Gasteiger partial charge < -0.3 is 5.73 Å². The van der Waals surface area contributed by atoms with Crippen molar-refractivity contribution in [3.05, 3.63) is 24.0 Å². The zero-order chi connectivity index (χ0) is 15.7. The van der Waals surface area contributed by atoms with Crippen LogP contribution in [0.1, 0.15) is 45.2 Å². The van der Waals surface area contributed by atoms with Crippen LogP contribution in [0.4, 0.5) is 0 Å². The monoisotopic (exact) mass is 327 g/mol. The third-order valence-electron chi connectivity index (χ3n) is 4.10. The molecule has 116 valence electrons. The van der Waals surface area contributed by atoms with Crippen LogP contribution in [0.15, 0.2) is 23.2 Å². The van der Waals surface area contributed by atoms with Gasteiger partial charge in [-0.2, -0.15) is 0 Å². The molecule has 2 rings (SSSR count). The Kier molecular flexibility index (Phi) is 4.65. The molecule has 21 heavy (non-hydrogen) atoms. The van der Waals surface area contributed by atoms with Crippen LogP contribution in [0.3, 0.4) is 0 Å². The maximum absolute atomic E-state index is 12.5. The number of rotatable bonds is 4. The fourth-order valence-electron chi connectivity index (χ4n) is 2.65. The first-order valence-corrected chi connectivity index (χ1v) is 8.90. The van der Waals surface area contributed by atoms with Gasteiger partial charge >= 0.3 is 0 Å². The summed E-state index contributed by atoms with van der Waals surface area (Å²) in [7, 11) is -3.57. The number of nitrogens with one attached hydrogen (secondary N) is 1. The van der Waals surface area contributed by atoms with Gasteiger partial charge in [0.05, 0.1) is 5.69 Å². The van der Waals surface area contributed by atoms with E-state index in [-0.39, 0.29) is 21.3 Å². The van der Waals surface area contributed by atoms with E-state index in [9.17, 15) is 8.42 Å². The molecule has 0 aromatic carbocycles. The molecule has 1 heterocycles. The normalized spacial score (nSPS) is 21.9. The second kappa shape index (κ2) is 5.98. The fourth-order valence-corrected chi connectivity index (χ4v) is 4.16. The van der Waals surface area contributed by atoms with Crippen LogP contribution in [-0.4, -0.2) is 24.4 Å². The number of aromatic nitrogens is 1. The van der Waals surface area contributed by atoms with Crippen molar-refractivity contribution < 1.29 is 8.42 Å². The van der Waals surface area contributed by atoms with Gasteiger partial charge in [-0.1, -0.05) is 38.9 Å². The lowest BCUT2D eigenvalue weighted by Crippen LogP contribution is -2.46. The van der Waals surface area contributed by atoms with E-state index in [2.05, 4.69) is 23.6 Å². The predicted molar refractivity (Wildman–Crippen MR) is 86.5 cm³/mol. The first-order valence-electron chi connectivity index (χ1n) is 7.00. The molecule has 0 amide bonds. The fraction of sp³-hybridized carbons (Fsp3) is 0.571.